The fraction of sp³-hybridized carbons (Fsp3) is 0.0667. The first-order chi connectivity index (χ1) is 8.79. The average molecular weight is 302 g/mol. The zero-order valence-corrected chi connectivity index (χ0v) is 11.3. The molecule has 0 atom stereocenters. The summed E-state index contributed by atoms with van der Waals surface area (Å²) in [5, 5.41) is 2.35. The second kappa shape index (κ2) is 4.59. The molecule has 0 unspecified atom stereocenters. The predicted molar refractivity (Wildman–Crippen MR) is 77.2 cm³/mol. The molecule has 90 valence electrons. The van der Waals surface area contributed by atoms with Crippen LogP contribution in [0.3, 0.4) is 0 Å². The molecule has 2 nitrogen and oxygen atoms in total. The maximum Gasteiger partial charge on any atom is 0.134 e. The molecule has 2 aromatic carbocycles. The highest BCUT2D eigenvalue weighted by Crippen LogP contribution is 2.33. The average Bonchev–Trinajstić information content (AvgIpc) is 2.88. The summed E-state index contributed by atoms with van der Waals surface area (Å²) < 4.78 is 6.82. The molecular formula is C15H12BrNO. The first-order valence-corrected chi connectivity index (χ1v) is 6.55. The minimum atomic E-state index is 0.425. The molecule has 1 heterocycles. The number of benzene rings is 2. The predicted octanol–water partition coefficient (Wildman–Crippen LogP) is 4.32. The van der Waals surface area contributed by atoms with Crippen LogP contribution >= 0.6 is 15.9 Å². The van der Waals surface area contributed by atoms with Crippen LogP contribution in [-0.4, -0.2) is 0 Å². The van der Waals surface area contributed by atoms with Crippen molar-refractivity contribution in [1.29, 1.82) is 0 Å². The van der Waals surface area contributed by atoms with Gasteiger partial charge in [0.15, 0.2) is 0 Å². The molecule has 2 N–H and O–H groups in total. The summed E-state index contributed by atoms with van der Waals surface area (Å²) >= 11 is 3.57. The zero-order chi connectivity index (χ0) is 12.5. The van der Waals surface area contributed by atoms with Gasteiger partial charge in [0.2, 0.25) is 0 Å². The van der Waals surface area contributed by atoms with Crippen LogP contribution in [0.1, 0.15) is 5.76 Å². The molecule has 0 bridgehead atoms. The summed E-state index contributed by atoms with van der Waals surface area (Å²) in [6.07, 6.45) is 0. The molecule has 0 aliphatic heterocycles. The third kappa shape index (κ3) is 1.85. The highest BCUT2D eigenvalue weighted by molar-refractivity contribution is 9.10. The van der Waals surface area contributed by atoms with Gasteiger partial charge in [0.25, 0.3) is 0 Å². The molecule has 3 aromatic rings. The normalized spacial score (nSPS) is 11.0. The van der Waals surface area contributed by atoms with Crippen molar-refractivity contribution >= 4 is 26.7 Å². The van der Waals surface area contributed by atoms with E-state index < -0.39 is 0 Å². The monoisotopic (exact) mass is 301 g/mol. The SMILES string of the molecule is NCc1ccc(-c2ccc(Br)c3ccccc23)o1. The smallest absolute Gasteiger partial charge is 0.134 e. The number of furan rings is 1. The van der Waals surface area contributed by atoms with Crippen LogP contribution in [0.25, 0.3) is 22.1 Å². The Hall–Kier alpha value is -1.58. The Kier molecular flexibility index (Phi) is 2.94. The standard InChI is InChI=1S/C15H12BrNO/c16-14-7-6-13(11-3-1-2-4-12(11)14)15-8-5-10(9-17)18-15/h1-8H,9,17H2. The molecule has 0 radical (unpaired) electrons. The van der Waals surface area contributed by atoms with Crippen LogP contribution in [0.2, 0.25) is 0 Å². The number of hydrogen-bond donors (Lipinski definition) is 1. The van der Waals surface area contributed by atoms with Crippen LogP contribution in [0, 0.1) is 0 Å². The van der Waals surface area contributed by atoms with Crippen LogP contribution in [0.5, 0.6) is 0 Å². The topological polar surface area (TPSA) is 39.2 Å². The maximum absolute atomic E-state index is 5.73. The minimum absolute atomic E-state index is 0.425. The first kappa shape index (κ1) is 11.5. The van der Waals surface area contributed by atoms with Gasteiger partial charge in [-0.05, 0) is 35.0 Å². The number of halogens is 1. The van der Waals surface area contributed by atoms with Gasteiger partial charge in [0, 0.05) is 10.0 Å². The molecule has 0 saturated carbocycles. The Balaban J connectivity index is 2.26. The highest BCUT2D eigenvalue weighted by atomic mass is 79.9. The van der Waals surface area contributed by atoms with Crippen LogP contribution in [0.15, 0.2) is 57.4 Å². The van der Waals surface area contributed by atoms with Crippen LogP contribution in [0.4, 0.5) is 0 Å². The van der Waals surface area contributed by atoms with E-state index in [1.807, 2.05) is 30.3 Å². The largest absolute Gasteiger partial charge is 0.460 e. The van der Waals surface area contributed by atoms with Crippen molar-refractivity contribution in [1.82, 2.24) is 0 Å². The van der Waals surface area contributed by atoms with Crippen molar-refractivity contribution in [3.63, 3.8) is 0 Å². The Bertz CT molecular complexity index is 703. The Morgan fingerprint density at radius 3 is 2.44 bits per heavy atom. The fourth-order valence-electron chi connectivity index (χ4n) is 2.11. The molecule has 1 aromatic heterocycles. The summed E-state index contributed by atoms with van der Waals surface area (Å²) in [4.78, 5) is 0. The molecule has 0 spiro atoms. The Morgan fingerprint density at radius 1 is 0.944 bits per heavy atom. The van der Waals surface area contributed by atoms with Gasteiger partial charge >= 0.3 is 0 Å². The molecule has 3 rings (SSSR count). The summed E-state index contributed by atoms with van der Waals surface area (Å²) in [6.45, 7) is 0.425. The van der Waals surface area contributed by atoms with Gasteiger partial charge in [0.1, 0.15) is 11.5 Å². The van der Waals surface area contributed by atoms with Gasteiger partial charge in [-0.25, -0.2) is 0 Å². The summed E-state index contributed by atoms with van der Waals surface area (Å²) in [7, 11) is 0. The number of hydrogen-bond acceptors (Lipinski definition) is 2. The van der Waals surface area contributed by atoms with E-state index in [4.69, 9.17) is 10.2 Å². The van der Waals surface area contributed by atoms with Gasteiger partial charge in [-0.15, -0.1) is 0 Å². The summed E-state index contributed by atoms with van der Waals surface area (Å²) in [5.74, 6) is 1.66. The molecule has 3 heteroatoms. The van der Waals surface area contributed by atoms with Crippen LogP contribution < -0.4 is 5.73 Å². The van der Waals surface area contributed by atoms with Crippen molar-refractivity contribution in [2.45, 2.75) is 6.54 Å². The molecule has 0 amide bonds. The van der Waals surface area contributed by atoms with E-state index in [9.17, 15) is 0 Å². The van der Waals surface area contributed by atoms with E-state index in [1.165, 1.54) is 10.8 Å². The summed E-state index contributed by atoms with van der Waals surface area (Å²) in [6, 6.07) is 16.3. The molecule has 0 fully saturated rings. The maximum atomic E-state index is 5.73. The van der Waals surface area contributed by atoms with Crippen molar-refractivity contribution in [3.05, 3.63) is 58.8 Å². The fourth-order valence-corrected chi connectivity index (χ4v) is 2.59. The van der Waals surface area contributed by atoms with E-state index in [0.29, 0.717) is 6.54 Å². The number of nitrogens with two attached hydrogens (primary N) is 1. The third-order valence-electron chi connectivity index (χ3n) is 3.00. The van der Waals surface area contributed by atoms with E-state index in [1.54, 1.807) is 0 Å². The molecule has 0 aliphatic carbocycles. The van der Waals surface area contributed by atoms with E-state index in [-0.39, 0.29) is 0 Å². The van der Waals surface area contributed by atoms with Crippen molar-refractivity contribution < 1.29 is 4.42 Å². The molecule has 0 aliphatic rings. The lowest BCUT2D eigenvalue weighted by molar-refractivity contribution is 0.526. The van der Waals surface area contributed by atoms with Crippen molar-refractivity contribution in [2.75, 3.05) is 0 Å². The van der Waals surface area contributed by atoms with Crippen molar-refractivity contribution in [3.8, 4) is 11.3 Å². The molecule has 18 heavy (non-hydrogen) atoms. The lowest BCUT2D eigenvalue weighted by Gasteiger charge is -2.06. The van der Waals surface area contributed by atoms with Gasteiger partial charge in [-0.3, -0.25) is 0 Å². The lowest BCUT2D eigenvalue weighted by atomic mass is 10.0. The zero-order valence-electron chi connectivity index (χ0n) is 9.69. The first-order valence-electron chi connectivity index (χ1n) is 5.76. The Morgan fingerprint density at radius 2 is 1.72 bits per heavy atom. The second-order valence-corrected chi connectivity index (χ2v) is 4.96. The number of fused-ring (bicyclic) bond motifs is 1. The second-order valence-electron chi connectivity index (χ2n) is 4.11. The molecule has 0 saturated heterocycles. The van der Waals surface area contributed by atoms with E-state index >= 15 is 0 Å². The quantitative estimate of drug-likeness (QED) is 0.765. The van der Waals surface area contributed by atoms with E-state index in [2.05, 4.69) is 34.1 Å². The van der Waals surface area contributed by atoms with Crippen molar-refractivity contribution in [2.24, 2.45) is 5.73 Å². The minimum Gasteiger partial charge on any atom is -0.460 e. The van der Waals surface area contributed by atoms with Gasteiger partial charge in [-0.2, -0.15) is 0 Å². The lowest BCUT2D eigenvalue weighted by Crippen LogP contribution is -1.92. The molecular weight excluding hydrogens is 290 g/mol. The highest BCUT2D eigenvalue weighted by Gasteiger charge is 2.09. The number of rotatable bonds is 2. The van der Waals surface area contributed by atoms with Crippen LogP contribution in [-0.2, 0) is 6.54 Å². The Labute approximate surface area is 114 Å². The van der Waals surface area contributed by atoms with E-state index in [0.717, 1.165) is 21.6 Å². The van der Waals surface area contributed by atoms with Gasteiger partial charge in [0.05, 0.1) is 6.54 Å². The third-order valence-corrected chi connectivity index (χ3v) is 3.69. The van der Waals surface area contributed by atoms with Gasteiger partial charge < -0.3 is 10.2 Å². The summed E-state index contributed by atoms with van der Waals surface area (Å²) in [5.41, 5.74) is 6.67. The van der Waals surface area contributed by atoms with Gasteiger partial charge in [-0.1, -0.05) is 40.2 Å².